The molecule has 0 aromatic heterocycles. The first-order valence-electron chi connectivity index (χ1n) is 6.10. The lowest BCUT2D eigenvalue weighted by Gasteiger charge is -2.22. The lowest BCUT2D eigenvalue weighted by molar-refractivity contribution is 0.101. The molecule has 0 N–H and O–H groups in total. The highest BCUT2D eigenvalue weighted by molar-refractivity contribution is 5.94. The zero-order chi connectivity index (χ0) is 12.3. The summed E-state index contributed by atoms with van der Waals surface area (Å²) in [5.74, 6) is 0.110. The molecule has 2 rings (SSSR count). The van der Waals surface area contributed by atoms with Gasteiger partial charge < -0.3 is 9.64 Å². The Bertz CT molecular complexity index is 380. The fraction of sp³-hybridized carbons (Fsp3) is 0.500. The second kappa shape index (κ2) is 5.32. The molecule has 0 aliphatic carbocycles. The number of benzene rings is 1. The Morgan fingerprint density at radius 1 is 1.41 bits per heavy atom. The third-order valence-electron chi connectivity index (χ3n) is 3.22. The van der Waals surface area contributed by atoms with Crippen molar-refractivity contribution in [2.45, 2.75) is 25.9 Å². The predicted molar refractivity (Wildman–Crippen MR) is 68.7 cm³/mol. The fourth-order valence-corrected chi connectivity index (χ4v) is 2.15. The molecule has 0 saturated carbocycles. The third kappa shape index (κ3) is 3.07. The number of carbonyl (C=O) groups is 1. The summed E-state index contributed by atoms with van der Waals surface area (Å²) in [6.45, 7) is 3.40. The van der Waals surface area contributed by atoms with Crippen molar-refractivity contribution in [3.05, 3.63) is 29.8 Å². The number of rotatable bonds is 4. The van der Waals surface area contributed by atoms with Gasteiger partial charge in [0.05, 0.1) is 6.10 Å². The molecule has 1 fully saturated rings. The van der Waals surface area contributed by atoms with Gasteiger partial charge >= 0.3 is 0 Å². The smallest absolute Gasteiger partial charge is 0.159 e. The van der Waals surface area contributed by atoms with E-state index in [0.29, 0.717) is 6.10 Å². The van der Waals surface area contributed by atoms with Crippen molar-refractivity contribution in [3.63, 3.8) is 0 Å². The number of hydrogen-bond acceptors (Lipinski definition) is 3. The van der Waals surface area contributed by atoms with E-state index in [4.69, 9.17) is 4.74 Å². The molecule has 3 nitrogen and oxygen atoms in total. The summed E-state index contributed by atoms with van der Waals surface area (Å²) in [7, 11) is 2.06. The largest absolute Gasteiger partial charge is 0.376 e. The second-order valence-electron chi connectivity index (χ2n) is 4.62. The molecule has 1 saturated heterocycles. The maximum Gasteiger partial charge on any atom is 0.159 e. The molecule has 3 heteroatoms. The summed E-state index contributed by atoms with van der Waals surface area (Å²) >= 11 is 0. The molecule has 1 aromatic carbocycles. The van der Waals surface area contributed by atoms with Crippen LogP contribution in [0.4, 0.5) is 5.69 Å². The summed E-state index contributed by atoms with van der Waals surface area (Å²) in [5.41, 5.74) is 1.89. The SMILES string of the molecule is CC(=O)c1ccc(N(C)CC2CCCO2)cc1. The number of ether oxygens (including phenoxy) is 1. The van der Waals surface area contributed by atoms with Gasteiger partial charge in [-0.3, -0.25) is 4.79 Å². The lowest BCUT2D eigenvalue weighted by atomic mass is 10.1. The van der Waals surface area contributed by atoms with Gasteiger partial charge in [0.15, 0.2) is 5.78 Å². The fourth-order valence-electron chi connectivity index (χ4n) is 2.15. The summed E-state index contributed by atoms with van der Waals surface area (Å²) in [5, 5.41) is 0. The molecule has 0 bridgehead atoms. The van der Waals surface area contributed by atoms with Crippen LogP contribution < -0.4 is 4.90 Å². The van der Waals surface area contributed by atoms with Crippen LogP contribution in [0.1, 0.15) is 30.1 Å². The average molecular weight is 233 g/mol. The van der Waals surface area contributed by atoms with Crippen LogP contribution in [0, 0.1) is 0 Å². The van der Waals surface area contributed by atoms with Crippen molar-refractivity contribution in [1.29, 1.82) is 0 Å². The monoisotopic (exact) mass is 233 g/mol. The van der Waals surface area contributed by atoms with Crippen molar-refractivity contribution < 1.29 is 9.53 Å². The zero-order valence-corrected chi connectivity index (χ0v) is 10.5. The molecule has 1 heterocycles. The molecule has 1 unspecified atom stereocenters. The normalized spacial score (nSPS) is 19.3. The molecule has 17 heavy (non-hydrogen) atoms. The molecule has 92 valence electrons. The molecule has 1 aliphatic rings. The number of Topliss-reactive ketones (excluding diaryl/α,β-unsaturated/α-hetero) is 1. The molecule has 1 aliphatic heterocycles. The number of ketones is 1. The first-order valence-corrected chi connectivity index (χ1v) is 6.10. The Hall–Kier alpha value is -1.35. The van der Waals surface area contributed by atoms with Crippen LogP contribution >= 0.6 is 0 Å². The van der Waals surface area contributed by atoms with E-state index in [2.05, 4.69) is 11.9 Å². The van der Waals surface area contributed by atoms with E-state index in [0.717, 1.165) is 30.8 Å². The minimum atomic E-state index is 0.110. The molecular weight excluding hydrogens is 214 g/mol. The summed E-state index contributed by atoms with van der Waals surface area (Å²) < 4.78 is 5.61. The van der Waals surface area contributed by atoms with Gasteiger partial charge in [0, 0.05) is 31.5 Å². The number of carbonyl (C=O) groups excluding carboxylic acids is 1. The Labute approximate surface area is 102 Å². The molecule has 0 spiro atoms. The van der Waals surface area contributed by atoms with Gasteiger partial charge in [-0.2, -0.15) is 0 Å². The Balaban J connectivity index is 1.98. The van der Waals surface area contributed by atoms with Gasteiger partial charge in [-0.15, -0.1) is 0 Å². The first-order chi connectivity index (χ1) is 8.16. The van der Waals surface area contributed by atoms with Crippen molar-refractivity contribution in [1.82, 2.24) is 0 Å². The van der Waals surface area contributed by atoms with Crippen LogP contribution in [0.25, 0.3) is 0 Å². The van der Waals surface area contributed by atoms with Crippen molar-refractivity contribution in [2.24, 2.45) is 0 Å². The van der Waals surface area contributed by atoms with Crippen LogP contribution in [0.2, 0.25) is 0 Å². The van der Waals surface area contributed by atoms with E-state index in [1.807, 2.05) is 24.3 Å². The Kier molecular flexibility index (Phi) is 3.79. The van der Waals surface area contributed by atoms with Crippen LogP contribution in [-0.4, -0.2) is 32.1 Å². The van der Waals surface area contributed by atoms with Gasteiger partial charge in [-0.25, -0.2) is 0 Å². The van der Waals surface area contributed by atoms with E-state index in [1.165, 1.54) is 6.42 Å². The number of hydrogen-bond donors (Lipinski definition) is 0. The van der Waals surface area contributed by atoms with Crippen LogP contribution in [0.5, 0.6) is 0 Å². The topological polar surface area (TPSA) is 29.5 Å². The lowest BCUT2D eigenvalue weighted by Crippen LogP contribution is -2.28. The first kappa shape index (κ1) is 12.1. The van der Waals surface area contributed by atoms with E-state index in [1.54, 1.807) is 6.92 Å². The van der Waals surface area contributed by atoms with Gasteiger partial charge in [-0.1, -0.05) is 0 Å². The van der Waals surface area contributed by atoms with E-state index >= 15 is 0 Å². The molecule has 1 aromatic rings. The maximum atomic E-state index is 11.2. The Morgan fingerprint density at radius 2 is 2.12 bits per heavy atom. The van der Waals surface area contributed by atoms with Gasteiger partial charge in [0.2, 0.25) is 0 Å². The van der Waals surface area contributed by atoms with Crippen molar-refractivity contribution in [2.75, 3.05) is 25.1 Å². The summed E-state index contributed by atoms with van der Waals surface area (Å²) in [4.78, 5) is 13.4. The highest BCUT2D eigenvalue weighted by atomic mass is 16.5. The second-order valence-corrected chi connectivity index (χ2v) is 4.62. The number of nitrogens with zero attached hydrogens (tertiary/aromatic N) is 1. The van der Waals surface area contributed by atoms with Crippen LogP contribution in [-0.2, 0) is 4.74 Å². The molecule has 1 atom stereocenters. The van der Waals surface area contributed by atoms with Crippen LogP contribution in [0.3, 0.4) is 0 Å². The number of likely N-dealkylation sites (N-methyl/N-ethyl adjacent to an activating group) is 1. The summed E-state index contributed by atoms with van der Waals surface area (Å²) in [6.07, 6.45) is 2.67. The quantitative estimate of drug-likeness (QED) is 0.748. The minimum absolute atomic E-state index is 0.110. The average Bonchev–Trinajstić information content (AvgIpc) is 2.82. The summed E-state index contributed by atoms with van der Waals surface area (Å²) in [6, 6.07) is 7.74. The van der Waals surface area contributed by atoms with Crippen molar-refractivity contribution in [3.8, 4) is 0 Å². The maximum absolute atomic E-state index is 11.2. The van der Waals surface area contributed by atoms with E-state index in [-0.39, 0.29) is 5.78 Å². The van der Waals surface area contributed by atoms with Crippen molar-refractivity contribution >= 4 is 11.5 Å². The predicted octanol–water partition coefficient (Wildman–Crippen LogP) is 2.50. The highest BCUT2D eigenvalue weighted by Crippen LogP contribution is 2.18. The van der Waals surface area contributed by atoms with Gasteiger partial charge in [0.25, 0.3) is 0 Å². The molecule has 0 radical (unpaired) electrons. The minimum Gasteiger partial charge on any atom is -0.376 e. The molecule has 0 amide bonds. The Morgan fingerprint density at radius 3 is 2.65 bits per heavy atom. The van der Waals surface area contributed by atoms with E-state index in [9.17, 15) is 4.79 Å². The molecular formula is C14H19NO2. The highest BCUT2D eigenvalue weighted by Gasteiger charge is 2.17. The standard InChI is InChI=1S/C14H19NO2/c1-11(16)12-5-7-13(8-6-12)15(2)10-14-4-3-9-17-14/h5-8,14H,3-4,9-10H2,1-2H3. The van der Waals surface area contributed by atoms with Gasteiger partial charge in [-0.05, 0) is 44.0 Å². The van der Waals surface area contributed by atoms with Crippen LogP contribution in [0.15, 0.2) is 24.3 Å². The van der Waals surface area contributed by atoms with Gasteiger partial charge in [0.1, 0.15) is 0 Å². The third-order valence-corrected chi connectivity index (χ3v) is 3.22. The zero-order valence-electron chi connectivity index (χ0n) is 10.5. The number of anilines is 1. The van der Waals surface area contributed by atoms with E-state index < -0.39 is 0 Å².